The molecule has 0 aliphatic rings. The Hall–Kier alpha value is -2.69. The van der Waals surface area contributed by atoms with Gasteiger partial charge < -0.3 is 21.3 Å². The smallest absolute Gasteiger partial charge is 0.259 e. The van der Waals surface area contributed by atoms with Gasteiger partial charge in [-0.1, -0.05) is 0 Å². The SMILES string of the molecule is Cc1cc(NC(=O)c2ccc(O)cc2O)ccc1N. The first-order chi connectivity index (χ1) is 8.97. The highest BCUT2D eigenvalue weighted by molar-refractivity contribution is 6.06. The normalized spacial score (nSPS) is 10.2. The first-order valence-electron chi connectivity index (χ1n) is 5.67. The van der Waals surface area contributed by atoms with Gasteiger partial charge in [0.25, 0.3) is 5.91 Å². The second-order valence-corrected chi connectivity index (χ2v) is 4.23. The Morgan fingerprint density at radius 3 is 2.53 bits per heavy atom. The van der Waals surface area contributed by atoms with E-state index in [1.54, 1.807) is 18.2 Å². The van der Waals surface area contributed by atoms with E-state index in [9.17, 15) is 15.0 Å². The summed E-state index contributed by atoms with van der Waals surface area (Å²) in [6.45, 7) is 1.84. The predicted octanol–water partition coefficient (Wildman–Crippen LogP) is 2.24. The summed E-state index contributed by atoms with van der Waals surface area (Å²) in [4.78, 5) is 12.0. The average molecular weight is 258 g/mol. The summed E-state index contributed by atoms with van der Waals surface area (Å²) in [7, 11) is 0. The van der Waals surface area contributed by atoms with Gasteiger partial charge in [-0.3, -0.25) is 4.79 Å². The van der Waals surface area contributed by atoms with E-state index in [1.807, 2.05) is 6.92 Å². The Morgan fingerprint density at radius 2 is 1.89 bits per heavy atom. The quantitative estimate of drug-likeness (QED) is 0.621. The van der Waals surface area contributed by atoms with Gasteiger partial charge in [0.05, 0.1) is 5.56 Å². The molecule has 19 heavy (non-hydrogen) atoms. The van der Waals surface area contributed by atoms with E-state index in [0.717, 1.165) is 11.6 Å². The molecule has 0 fully saturated rings. The van der Waals surface area contributed by atoms with Gasteiger partial charge in [-0.05, 0) is 42.8 Å². The highest BCUT2D eigenvalue weighted by Crippen LogP contribution is 2.24. The number of carbonyl (C=O) groups excluding carboxylic acids is 1. The van der Waals surface area contributed by atoms with E-state index < -0.39 is 5.91 Å². The molecule has 5 nitrogen and oxygen atoms in total. The largest absolute Gasteiger partial charge is 0.508 e. The summed E-state index contributed by atoms with van der Waals surface area (Å²) in [5.74, 6) is -0.830. The Morgan fingerprint density at radius 1 is 1.16 bits per heavy atom. The van der Waals surface area contributed by atoms with Crippen LogP contribution in [0.1, 0.15) is 15.9 Å². The molecular weight excluding hydrogens is 244 g/mol. The van der Waals surface area contributed by atoms with Crippen LogP contribution in [0.2, 0.25) is 0 Å². The Kier molecular flexibility index (Phi) is 3.29. The van der Waals surface area contributed by atoms with Crippen molar-refractivity contribution in [2.75, 3.05) is 11.1 Å². The second-order valence-electron chi connectivity index (χ2n) is 4.23. The highest BCUT2D eigenvalue weighted by atomic mass is 16.3. The summed E-state index contributed by atoms with van der Waals surface area (Å²) in [5.41, 5.74) is 7.87. The van der Waals surface area contributed by atoms with Crippen molar-refractivity contribution < 1.29 is 15.0 Å². The maximum atomic E-state index is 12.0. The summed E-state index contributed by atoms with van der Waals surface area (Å²) >= 11 is 0. The van der Waals surface area contributed by atoms with E-state index in [1.165, 1.54) is 12.1 Å². The van der Waals surface area contributed by atoms with E-state index in [0.29, 0.717) is 11.4 Å². The summed E-state index contributed by atoms with van der Waals surface area (Å²) in [5, 5.41) is 21.4. The molecule has 0 saturated heterocycles. The number of aryl methyl sites for hydroxylation is 1. The first kappa shape index (κ1) is 12.8. The fourth-order valence-corrected chi connectivity index (χ4v) is 1.66. The monoisotopic (exact) mass is 258 g/mol. The predicted molar refractivity (Wildman–Crippen MR) is 73.3 cm³/mol. The van der Waals surface area contributed by atoms with Gasteiger partial charge in [-0.2, -0.15) is 0 Å². The third-order valence-corrected chi connectivity index (χ3v) is 2.75. The highest BCUT2D eigenvalue weighted by Gasteiger charge is 2.12. The number of benzene rings is 2. The van der Waals surface area contributed by atoms with Crippen molar-refractivity contribution in [1.82, 2.24) is 0 Å². The average Bonchev–Trinajstić information content (AvgIpc) is 2.33. The van der Waals surface area contributed by atoms with Gasteiger partial charge in [-0.15, -0.1) is 0 Å². The maximum Gasteiger partial charge on any atom is 0.259 e. The van der Waals surface area contributed by atoms with Crippen molar-refractivity contribution in [3.63, 3.8) is 0 Å². The minimum atomic E-state index is -0.457. The number of phenolic OH excluding ortho intramolecular Hbond substituents is 2. The molecule has 0 bridgehead atoms. The van der Waals surface area contributed by atoms with Crippen molar-refractivity contribution in [2.45, 2.75) is 6.92 Å². The van der Waals surface area contributed by atoms with Crippen molar-refractivity contribution in [2.24, 2.45) is 0 Å². The van der Waals surface area contributed by atoms with Gasteiger partial charge in [-0.25, -0.2) is 0 Å². The Bertz CT molecular complexity index is 639. The van der Waals surface area contributed by atoms with Crippen LogP contribution in [-0.4, -0.2) is 16.1 Å². The zero-order valence-electron chi connectivity index (χ0n) is 10.3. The number of anilines is 2. The topological polar surface area (TPSA) is 95.6 Å². The molecule has 1 amide bonds. The van der Waals surface area contributed by atoms with E-state index >= 15 is 0 Å². The number of amides is 1. The first-order valence-corrected chi connectivity index (χ1v) is 5.67. The molecule has 0 unspecified atom stereocenters. The van der Waals surface area contributed by atoms with Gasteiger partial charge in [0.2, 0.25) is 0 Å². The van der Waals surface area contributed by atoms with Crippen molar-refractivity contribution >= 4 is 17.3 Å². The number of nitrogens with one attached hydrogen (secondary N) is 1. The number of nitrogen functional groups attached to an aromatic ring is 1. The molecule has 0 spiro atoms. The van der Waals surface area contributed by atoms with Gasteiger partial charge in [0, 0.05) is 17.4 Å². The molecule has 5 N–H and O–H groups in total. The molecule has 2 aromatic carbocycles. The number of carbonyl (C=O) groups is 1. The third-order valence-electron chi connectivity index (χ3n) is 2.75. The zero-order valence-corrected chi connectivity index (χ0v) is 10.3. The maximum absolute atomic E-state index is 12.0. The Labute approximate surface area is 110 Å². The minimum Gasteiger partial charge on any atom is -0.508 e. The fraction of sp³-hybridized carbons (Fsp3) is 0.0714. The van der Waals surface area contributed by atoms with Crippen LogP contribution in [0.5, 0.6) is 11.5 Å². The van der Waals surface area contributed by atoms with Crippen LogP contribution >= 0.6 is 0 Å². The number of hydrogen-bond donors (Lipinski definition) is 4. The minimum absolute atomic E-state index is 0.0901. The lowest BCUT2D eigenvalue weighted by Gasteiger charge is -2.08. The molecule has 0 aliphatic carbocycles. The number of aromatic hydroxyl groups is 2. The number of phenols is 2. The molecule has 0 aromatic heterocycles. The molecule has 0 aliphatic heterocycles. The number of rotatable bonds is 2. The van der Waals surface area contributed by atoms with Crippen LogP contribution in [0.15, 0.2) is 36.4 Å². The molecular formula is C14H14N2O3. The standard InChI is InChI=1S/C14H14N2O3/c1-8-6-9(2-5-12(8)15)16-14(19)11-4-3-10(17)7-13(11)18/h2-7,17-18H,15H2,1H3,(H,16,19). The zero-order chi connectivity index (χ0) is 14.0. The molecule has 2 rings (SSSR count). The summed E-state index contributed by atoms with van der Waals surface area (Å²) < 4.78 is 0. The van der Waals surface area contributed by atoms with Crippen molar-refractivity contribution in [1.29, 1.82) is 0 Å². The van der Waals surface area contributed by atoms with Gasteiger partial charge in [0.1, 0.15) is 11.5 Å². The van der Waals surface area contributed by atoms with E-state index in [2.05, 4.69) is 5.32 Å². The van der Waals surface area contributed by atoms with Crippen molar-refractivity contribution in [3.8, 4) is 11.5 Å². The second kappa shape index (κ2) is 4.89. The van der Waals surface area contributed by atoms with Crippen molar-refractivity contribution in [3.05, 3.63) is 47.5 Å². The molecule has 98 valence electrons. The molecule has 0 saturated carbocycles. The Balaban J connectivity index is 2.23. The van der Waals surface area contributed by atoms with Crippen LogP contribution in [0.25, 0.3) is 0 Å². The number of hydrogen-bond acceptors (Lipinski definition) is 4. The lowest BCUT2D eigenvalue weighted by Crippen LogP contribution is -2.12. The molecule has 0 radical (unpaired) electrons. The summed E-state index contributed by atoms with van der Waals surface area (Å²) in [6, 6.07) is 8.92. The third kappa shape index (κ3) is 2.77. The molecule has 0 heterocycles. The van der Waals surface area contributed by atoms with Crippen LogP contribution < -0.4 is 11.1 Å². The molecule has 5 heteroatoms. The van der Waals surface area contributed by atoms with Crippen LogP contribution in [0, 0.1) is 6.92 Å². The molecule has 2 aromatic rings. The van der Waals surface area contributed by atoms with Gasteiger partial charge in [0.15, 0.2) is 0 Å². The lowest BCUT2D eigenvalue weighted by atomic mass is 10.1. The lowest BCUT2D eigenvalue weighted by molar-refractivity contribution is 0.102. The summed E-state index contributed by atoms with van der Waals surface area (Å²) in [6.07, 6.45) is 0. The van der Waals surface area contributed by atoms with Crippen LogP contribution in [0.4, 0.5) is 11.4 Å². The van der Waals surface area contributed by atoms with Crippen LogP contribution in [-0.2, 0) is 0 Å². The molecule has 0 atom stereocenters. The van der Waals surface area contributed by atoms with Crippen LogP contribution in [0.3, 0.4) is 0 Å². The van der Waals surface area contributed by atoms with Gasteiger partial charge >= 0.3 is 0 Å². The number of nitrogens with two attached hydrogens (primary N) is 1. The van der Waals surface area contributed by atoms with E-state index in [4.69, 9.17) is 5.73 Å². The van der Waals surface area contributed by atoms with E-state index in [-0.39, 0.29) is 17.1 Å². The fourth-order valence-electron chi connectivity index (χ4n) is 1.66.